The van der Waals surface area contributed by atoms with Gasteiger partial charge >= 0.3 is 6.03 Å². The summed E-state index contributed by atoms with van der Waals surface area (Å²) in [5.74, 6) is 2.17. The maximum Gasteiger partial charge on any atom is 0.323 e. The Bertz CT molecular complexity index is 1060. The second-order valence-corrected chi connectivity index (χ2v) is 7.65. The number of nitrogens with zero attached hydrogens (tertiary/aromatic N) is 3. The molecule has 0 aliphatic carbocycles. The SMILES string of the molecule is CCOc1ccc(NC(=O)Nc2ccc(-c3ccc(N4CCCC4)nn3)cc2)cc1OCC. The molecular formula is C25H29N5O3. The van der Waals surface area contributed by atoms with E-state index in [2.05, 4.69) is 25.7 Å². The number of benzene rings is 2. The van der Waals surface area contributed by atoms with Crippen molar-refractivity contribution in [3.05, 3.63) is 54.6 Å². The number of hydrogen-bond donors (Lipinski definition) is 2. The van der Waals surface area contributed by atoms with Crippen molar-refractivity contribution in [3.63, 3.8) is 0 Å². The average Bonchev–Trinajstić information content (AvgIpc) is 3.37. The van der Waals surface area contributed by atoms with Crippen molar-refractivity contribution in [2.45, 2.75) is 26.7 Å². The lowest BCUT2D eigenvalue weighted by Gasteiger charge is -2.15. The van der Waals surface area contributed by atoms with E-state index in [4.69, 9.17) is 9.47 Å². The van der Waals surface area contributed by atoms with Crippen molar-refractivity contribution in [1.29, 1.82) is 0 Å². The van der Waals surface area contributed by atoms with E-state index in [0.717, 1.165) is 30.2 Å². The third-order valence-electron chi connectivity index (χ3n) is 5.32. The lowest BCUT2D eigenvalue weighted by atomic mass is 10.1. The molecule has 172 valence electrons. The van der Waals surface area contributed by atoms with Crippen molar-refractivity contribution >= 4 is 23.2 Å². The van der Waals surface area contributed by atoms with Gasteiger partial charge in [-0.05, 0) is 63.1 Å². The number of carbonyl (C=O) groups excluding carboxylic acids is 1. The fraction of sp³-hybridized carbons (Fsp3) is 0.320. The molecule has 1 aliphatic rings. The largest absolute Gasteiger partial charge is 0.490 e. The van der Waals surface area contributed by atoms with Gasteiger partial charge in [0, 0.05) is 36.1 Å². The molecule has 1 fully saturated rings. The Kier molecular flexibility index (Phi) is 7.24. The van der Waals surface area contributed by atoms with Crippen LogP contribution in [-0.2, 0) is 0 Å². The molecule has 8 nitrogen and oxygen atoms in total. The number of anilines is 3. The molecule has 2 amide bonds. The summed E-state index contributed by atoms with van der Waals surface area (Å²) in [7, 11) is 0. The minimum atomic E-state index is -0.343. The first kappa shape index (κ1) is 22.4. The summed E-state index contributed by atoms with van der Waals surface area (Å²) in [5.41, 5.74) is 3.03. The van der Waals surface area contributed by atoms with Crippen LogP contribution in [0.5, 0.6) is 11.5 Å². The lowest BCUT2D eigenvalue weighted by Crippen LogP contribution is -2.19. The zero-order chi connectivity index (χ0) is 23.0. The highest BCUT2D eigenvalue weighted by molar-refractivity contribution is 6.00. The average molecular weight is 448 g/mol. The highest BCUT2D eigenvalue weighted by Crippen LogP contribution is 2.31. The number of amides is 2. The summed E-state index contributed by atoms with van der Waals surface area (Å²) in [4.78, 5) is 14.7. The Morgan fingerprint density at radius 3 is 2.18 bits per heavy atom. The van der Waals surface area contributed by atoms with Crippen LogP contribution in [0.1, 0.15) is 26.7 Å². The van der Waals surface area contributed by atoms with Gasteiger partial charge < -0.3 is 25.0 Å². The van der Waals surface area contributed by atoms with E-state index in [0.29, 0.717) is 36.1 Å². The highest BCUT2D eigenvalue weighted by atomic mass is 16.5. The molecule has 3 aromatic rings. The standard InChI is InChI=1S/C25H29N5O3/c1-3-32-22-13-11-20(17-23(22)33-4-2)27-25(31)26-19-9-7-18(8-10-19)21-12-14-24(29-28-21)30-15-5-6-16-30/h7-14,17H,3-6,15-16H2,1-2H3,(H2,26,27,31). The van der Waals surface area contributed by atoms with Crippen LogP contribution in [0.25, 0.3) is 11.3 Å². The van der Waals surface area contributed by atoms with Crippen LogP contribution in [0, 0.1) is 0 Å². The van der Waals surface area contributed by atoms with Gasteiger partial charge in [-0.15, -0.1) is 10.2 Å². The van der Waals surface area contributed by atoms with Crippen molar-refractivity contribution in [1.82, 2.24) is 10.2 Å². The van der Waals surface area contributed by atoms with Gasteiger partial charge in [-0.3, -0.25) is 0 Å². The summed E-state index contributed by atoms with van der Waals surface area (Å²) < 4.78 is 11.2. The number of ether oxygens (including phenoxy) is 2. The number of urea groups is 1. The molecule has 1 aromatic heterocycles. The molecule has 2 heterocycles. The summed E-state index contributed by atoms with van der Waals surface area (Å²) in [6.45, 7) is 6.95. The normalized spacial score (nSPS) is 13.0. The zero-order valence-electron chi connectivity index (χ0n) is 19.0. The van der Waals surface area contributed by atoms with E-state index in [9.17, 15) is 4.79 Å². The number of aromatic nitrogens is 2. The van der Waals surface area contributed by atoms with E-state index < -0.39 is 0 Å². The molecular weight excluding hydrogens is 418 g/mol. The fourth-order valence-electron chi connectivity index (χ4n) is 3.74. The van der Waals surface area contributed by atoms with Gasteiger partial charge in [0.25, 0.3) is 0 Å². The van der Waals surface area contributed by atoms with Gasteiger partial charge in [-0.2, -0.15) is 0 Å². The van der Waals surface area contributed by atoms with Crippen LogP contribution in [0.2, 0.25) is 0 Å². The van der Waals surface area contributed by atoms with Crippen LogP contribution >= 0.6 is 0 Å². The molecule has 0 unspecified atom stereocenters. The van der Waals surface area contributed by atoms with E-state index >= 15 is 0 Å². The highest BCUT2D eigenvalue weighted by Gasteiger charge is 2.14. The monoisotopic (exact) mass is 447 g/mol. The summed E-state index contributed by atoms with van der Waals surface area (Å²) in [6, 6.07) is 16.5. The molecule has 0 spiro atoms. The quantitative estimate of drug-likeness (QED) is 0.494. The van der Waals surface area contributed by atoms with E-state index in [1.165, 1.54) is 12.8 Å². The number of carbonyl (C=O) groups is 1. The molecule has 0 bridgehead atoms. The van der Waals surface area contributed by atoms with Crippen LogP contribution in [0.4, 0.5) is 22.0 Å². The number of rotatable bonds is 8. The Hall–Kier alpha value is -3.81. The smallest absolute Gasteiger partial charge is 0.323 e. The molecule has 1 aliphatic heterocycles. The molecule has 0 saturated carbocycles. The van der Waals surface area contributed by atoms with E-state index in [1.54, 1.807) is 18.2 Å². The zero-order valence-corrected chi connectivity index (χ0v) is 19.0. The van der Waals surface area contributed by atoms with Crippen molar-refractivity contribution in [2.75, 3.05) is 41.8 Å². The molecule has 1 saturated heterocycles. The predicted octanol–water partition coefficient (Wildman–Crippen LogP) is 5.19. The topological polar surface area (TPSA) is 88.6 Å². The van der Waals surface area contributed by atoms with Crippen LogP contribution in [0.3, 0.4) is 0 Å². The third-order valence-corrected chi connectivity index (χ3v) is 5.32. The van der Waals surface area contributed by atoms with Crippen LogP contribution < -0.4 is 25.0 Å². The molecule has 2 N–H and O–H groups in total. The van der Waals surface area contributed by atoms with Gasteiger partial charge in [0.15, 0.2) is 17.3 Å². The first-order chi connectivity index (χ1) is 16.2. The molecule has 8 heteroatoms. The number of hydrogen-bond acceptors (Lipinski definition) is 6. The maximum atomic E-state index is 12.5. The fourth-order valence-corrected chi connectivity index (χ4v) is 3.74. The lowest BCUT2D eigenvalue weighted by molar-refractivity contribution is 0.262. The Morgan fingerprint density at radius 1 is 0.848 bits per heavy atom. The predicted molar refractivity (Wildman–Crippen MR) is 130 cm³/mol. The van der Waals surface area contributed by atoms with Gasteiger partial charge in [-0.1, -0.05) is 12.1 Å². The van der Waals surface area contributed by atoms with Crippen LogP contribution in [-0.4, -0.2) is 42.5 Å². The van der Waals surface area contributed by atoms with E-state index in [1.807, 2.05) is 50.2 Å². The molecule has 33 heavy (non-hydrogen) atoms. The number of nitrogens with one attached hydrogen (secondary N) is 2. The summed E-state index contributed by atoms with van der Waals surface area (Å²) >= 11 is 0. The van der Waals surface area contributed by atoms with Gasteiger partial charge in [-0.25, -0.2) is 4.79 Å². The third kappa shape index (κ3) is 5.71. The first-order valence-electron chi connectivity index (χ1n) is 11.3. The summed E-state index contributed by atoms with van der Waals surface area (Å²) in [6.07, 6.45) is 2.41. The summed E-state index contributed by atoms with van der Waals surface area (Å²) in [5, 5.41) is 14.4. The van der Waals surface area contributed by atoms with Gasteiger partial charge in [0.1, 0.15) is 0 Å². The minimum absolute atomic E-state index is 0.343. The maximum absolute atomic E-state index is 12.5. The Balaban J connectivity index is 1.36. The molecule has 0 atom stereocenters. The molecule has 4 rings (SSSR count). The van der Waals surface area contributed by atoms with Crippen molar-refractivity contribution in [2.24, 2.45) is 0 Å². The Morgan fingerprint density at radius 2 is 1.52 bits per heavy atom. The van der Waals surface area contributed by atoms with Crippen LogP contribution in [0.15, 0.2) is 54.6 Å². The van der Waals surface area contributed by atoms with Crippen molar-refractivity contribution in [3.8, 4) is 22.8 Å². The Labute approximate surface area is 193 Å². The molecule has 2 aromatic carbocycles. The van der Waals surface area contributed by atoms with Gasteiger partial charge in [0.2, 0.25) is 0 Å². The van der Waals surface area contributed by atoms with Crippen molar-refractivity contribution < 1.29 is 14.3 Å². The second kappa shape index (κ2) is 10.7. The minimum Gasteiger partial charge on any atom is -0.490 e. The second-order valence-electron chi connectivity index (χ2n) is 7.65. The first-order valence-corrected chi connectivity index (χ1v) is 11.3. The molecule has 0 radical (unpaired) electrons. The van der Waals surface area contributed by atoms with Gasteiger partial charge in [0.05, 0.1) is 18.9 Å². The van der Waals surface area contributed by atoms with E-state index in [-0.39, 0.29) is 6.03 Å².